The first kappa shape index (κ1) is 7.96. The molecular formula is C7H14O. The molecule has 0 bridgehead atoms. The zero-order chi connectivity index (χ0) is 6.41. The molecular weight excluding hydrogens is 100 g/mol. The molecule has 1 nitrogen and oxygen atoms in total. The average Bonchev–Trinajstić information content (AvgIpc) is 1.83. The maximum atomic E-state index is 5.17. The van der Waals surface area contributed by atoms with E-state index in [1.165, 1.54) is 0 Å². The van der Waals surface area contributed by atoms with Crippen LogP contribution in [0.25, 0.3) is 0 Å². The third-order valence-corrected chi connectivity index (χ3v) is 0.880. The number of hydrogen-bond acceptors (Lipinski definition) is 1. The predicted octanol–water partition coefficient (Wildman–Crippen LogP) is 1.84. The van der Waals surface area contributed by atoms with Gasteiger partial charge >= 0.3 is 0 Å². The van der Waals surface area contributed by atoms with E-state index in [1.54, 1.807) is 0 Å². The Kier molecular flexibility index (Phi) is 5.08. The van der Waals surface area contributed by atoms with Crippen molar-refractivity contribution in [1.82, 2.24) is 0 Å². The Bertz CT molecular complexity index is 43.7. The van der Waals surface area contributed by atoms with E-state index in [0.29, 0.717) is 0 Å². The molecule has 1 unspecified atom stereocenters. The van der Waals surface area contributed by atoms with Crippen LogP contribution < -0.4 is 0 Å². The number of ether oxygens (including phenoxy) is 1. The summed E-state index contributed by atoms with van der Waals surface area (Å²) in [4.78, 5) is 0. The molecule has 0 aromatic carbocycles. The van der Waals surface area contributed by atoms with Crippen LogP contribution in [-0.4, -0.2) is 12.7 Å². The van der Waals surface area contributed by atoms with Gasteiger partial charge in [0.25, 0.3) is 0 Å². The second kappa shape index (κ2) is 5.10. The molecule has 0 heterocycles. The van der Waals surface area contributed by atoms with Crippen LogP contribution in [0, 0.1) is 13.8 Å². The van der Waals surface area contributed by atoms with E-state index < -0.39 is 0 Å². The zero-order valence-corrected chi connectivity index (χ0v) is 5.52. The van der Waals surface area contributed by atoms with Crippen molar-refractivity contribution in [3.63, 3.8) is 0 Å². The van der Waals surface area contributed by atoms with Crippen molar-refractivity contribution in [2.75, 3.05) is 6.61 Å². The lowest BCUT2D eigenvalue weighted by atomic mass is 10.3. The summed E-state index contributed by atoms with van der Waals surface area (Å²) in [7, 11) is 0. The van der Waals surface area contributed by atoms with Gasteiger partial charge in [0, 0.05) is 6.61 Å². The van der Waals surface area contributed by atoms with Gasteiger partial charge in [-0.05, 0) is 19.8 Å². The highest BCUT2D eigenvalue weighted by Gasteiger charge is 1.94. The molecule has 0 aliphatic heterocycles. The third kappa shape index (κ3) is 4.13. The van der Waals surface area contributed by atoms with E-state index in [0.717, 1.165) is 19.4 Å². The molecule has 0 saturated carbocycles. The van der Waals surface area contributed by atoms with E-state index in [4.69, 9.17) is 4.74 Å². The molecule has 0 spiro atoms. The maximum absolute atomic E-state index is 5.17. The lowest BCUT2D eigenvalue weighted by molar-refractivity contribution is 0.0855. The van der Waals surface area contributed by atoms with Crippen LogP contribution >= 0.6 is 0 Å². The Balaban J connectivity index is 2.86. The van der Waals surface area contributed by atoms with Gasteiger partial charge in [-0.1, -0.05) is 13.8 Å². The topological polar surface area (TPSA) is 9.23 Å². The van der Waals surface area contributed by atoms with Crippen molar-refractivity contribution in [2.24, 2.45) is 0 Å². The van der Waals surface area contributed by atoms with E-state index in [2.05, 4.69) is 20.8 Å². The Labute approximate surface area is 52.0 Å². The Hall–Kier alpha value is -0.0400. The first-order chi connectivity index (χ1) is 3.81. The molecule has 2 radical (unpaired) electrons. The van der Waals surface area contributed by atoms with Gasteiger partial charge in [-0.25, -0.2) is 0 Å². The summed E-state index contributed by atoms with van der Waals surface area (Å²) in [5.74, 6) is 0. The lowest BCUT2D eigenvalue weighted by Gasteiger charge is -2.07. The van der Waals surface area contributed by atoms with Crippen LogP contribution in [0.3, 0.4) is 0 Å². The summed E-state index contributed by atoms with van der Waals surface area (Å²) in [6, 6.07) is 0. The SMILES string of the molecule is [CH2]CC([CH2])OCCC. The van der Waals surface area contributed by atoms with Gasteiger partial charge in [0.15, 0.2) is 0 Å². The maximum Gasteiger partial charge on any atom is 0.0576 e. The minimum Gasteiger partial charge on any atom is -0.378 e. The van der Waals surface area contributed by atoms with Gasteiger partial charge in [-0.2, -0.15) is 0 Å². The number of rotatable bonds is 4. The van der Waals surface area contributed by atoms with Crippen LogP contribution in [0.2, 0.25) is 0 Å². The van der Waals surface area contributed by atoms with Gasteiger partial charge in [0.1, 0.15) is 0 Å². The van der Waals surface area contributed by atoms with Gasteiger partial charge in [-0.15, -0.1) is 0 Å². The van der Waals surface area contributed by atoms with Gasteiger partial charge in [0.2, 0.25) is 0 Å². The monoisotopic (exact) mass is 114 g/mol. The summed E-state index contributed by atoms with van der Waals surface area (Å²) in [5, 5.41) is 0. The van der Waals surface area contributed by atoms with Crippen LogP contribution in [-0.2, 0) is 4.74 Å². The van der Waals surface area contributed by atoms with Gasteiger partial charge < -0.3 is 4.74 Å². The first-order valence-electron chi connectivity index (χ1n) is 3.05. The second-order valence-corrected chi connectivity index (χ2v) is 1.78. The van der Waals surface area contributed by atoms with Crippen molar-refractivity contribution in [3.05, 3.63) is 13.8 Å². The highest BCUT2D eigenvalue weighted by atomic mass is 16.5. The zero-order valence-electron chi connectivity index (χ0n) is 5.52. The summed E-state index contributed by atoms with van der Waals surface area (Å²) < 4.78 is 5.17. The minimum atomic E-state index is 0.0925. The fourth-order valence-electron chi connectivity index (χ4n) is 0.368. The highest BCUT2D eigenvalue weighted by Crippen LogP contribution is 1.94. The van der Waals surface area contributed by atoms with Crippen LogP contribution in [0.4, 0.5) is 0 Å². The Morgan fingerprint density at radius 3 is 2.62 bits per heavy atom. The van der Waals surface area contributed by atoms with Crippen molar-refractivity contribution < 1.29 is 4.74 Å². The molecule has 0 aliphatic rings. The molecule has 0 rings (SSSR count). The molecule has 0 saturated heterocycles. The van der Waals surface area contributed by atoms with Crippen molar-refractivity contribution in [3.8, 4) is 0 Å². The van der Waals surface area contributed by atoms with Gasteiger partial charge in [0.05, 0.1) is 6.10 Å². The molecule has 0 aromatic rings. The molecule has 0 aromatic heterocycles. The summed E-state index contributed by atoms with van der Waals surface area (Å²) in [5.41, 5.74) is 0. The molecule has 1 atom stereocenters. The standard InChI is InChI=1S/C7H14O/c1-4-6-8-7(3)5-2/h7H,2-6H2,1H3. The molecule has 8 heavy (non-hydrogen) atoms. The summed E-state index contributed by atoms with van der Waals surface area (Å²) >= 11 is 0. The molecule has 48 valence electrons. The van der Waals surface area contributed by atoms with Crippen molar-refractivity contribution in [2.45, 2.75) is 25.9 Å². The fraction of sp³-hybridized carbons (Fsp3) is 0.714. The first-order valence-corrected chi connectivity index (χ1v) is 3.05. The van der Waals surface area contributed by atoms with E-state index in [1.807, 2.05) is 0 Å². The smallest absolute Gasteiger partial charge is 0.0576 e. The second-order valence-electron chi connectivity index (χ2n) is 1.78. The van der Waals surface area contributed by atoms with E-state index in [-0.39, 0.29) is 6.10 Å². The Morgan fingerprint density at radius 2 is 2.25 bits per heavy atom. The highest BCUT2D eigenvalue weighted by molar-refractivity contribution is 4.59. The van der Waals surface area contributed by atoms with Crippen LogP contribution in [0.1, 0.15) is 19.8 Å². The Morgan fingerprint density at radius 1 is 1.62 bits per heavy atom. The quantitative estimate of drug-likeness (QED) is 0.542. The lowest BCUT2D eigenvalue weighted by Crippen LogP contribution is -2.06. The van der Waals surface area contributed by atoms with Crippen LogP contribution in [0.5, 0.6) is 0 Å². The molecule has 1 heteroatoms. The fourth-order valence-corrected chi connectivity index (χ4v) is 0.368. The van der Waals surface area contributed by atoms with Gasteiger partial charge in [-0.3, -0.25) is 0 Å². The molecule has 0 aliphatic carbocycles. The normalized spacial score (nSPS) is 13.9. The molecule has 0 amide bonds. The minimum absolute atomic E-state index is 0.0925. The van der Waals surface area contributed by atoms with E-state index >= 15 is 0 Å². The largest absolute Gasteiger partial charge is 0.378 e. The summed E-state index contributed by atoms with van der Waals surface area (Å²) in [6.07, 6.45) is 1.92. The molecule has 0 N–H and O–H groups in total. The van der Waals surface area contributed by atoms with E-state index in [9.17, 15) is 0 Å². The van der Waals surface area contributed by atoms with Crippen molar-refractivity contribution >= 4 is 0 Å². The molecule has 0 fully saturated rings. The average molecular weight is 114 g/mol. The number of hydrogen-bond donors (Lipinski definition) is 0. The predicted molar refractivity (Wildman–Crippen MR) is 35.4 cm³/mol. The third-order valence-electron chi connectivity index (χ3n) is 0.880. The van der Waals surface area contributed by atoms with Crippen LogP contribution in [0.15, 0.2) is 0 Å². The summed E-state index contributed by atoms with van der Waals surface area (Å²) in [6.45, 7) is 10.2. The van der Waals surface area contributed by atoms with Crippen molar-refractivity contribution in [1.29, 1.82) is 0 Å².